The number of phenolic OH excluding ortho intramolecular Hbond substituents is 1. The van der Waals surface area contributed by atoms with Crippen molar-refractivity contribution >= 4 is 39.1 Å². The topological polar surface area (TPSA) is 61.7 Å². The van der Waals surface area contributed by atoms with Crippen molar-refractivity contribution in [2.24, 2.45) is 5.10 Å². The van der Waals surface area contributed by atoms with Gasteiger partial charge in [0.05, 0.1) is 0 Å². The second-order valence-corrected chi connectivity index (χ2v) is 6.79. The molecule has 3 aromatic rings. The molecule has 0 spiro atoms. The van der Waals surface area contributed by atoms with Gasteiger partial charge in [-0.25, -0.2) is 5.43 Å². The van der Waals surface area contributed by atoms with E-state index in [1.165, 1.54) is 0 Å². The van der Waals surface area contributed by atoms with Gasteiger partial charge in [0, 0.05) is 26.2 Å². The van der Waals surface area contributed by atoms with Crippen LogP contribution in [0.5, 0.6) is 5.75 Å². The van der Waals surface area contributed by atoms with Crippen LogP contribution in [-0.2, 0) is 0 Å². The molecule has 0 saturated heterocycles. The highest BCUT2D eigenvalue weighted by Gasteiger charge is 2.13. The van der Waals surface area contributed by atoms with Crippen molar-refractivity contribution in [3.63, 3.8) is 0 Å². The van der Waals surface area contributed by atoms with E-state index in [2.05, 4.69) is 26.5 Å². The fourth-order valence-electron chi connectivity index (χ4n) is 2.35. The first-order valence-corrected chi connectivity index (χ1v) is 8.89. The van der Waals surface area contributed by atoms with Crippen LogP contribution in [0.1, 0.15) is 21.5 Å². The van der Waals surface area contributed by atoms with E-state index >= 15 is 0 Å². The Labute approximate surface area is 164 Å². The number of phenols is 1. The monoisotopic (exact) mass is 428 g/mol. The number of rotatable bonds is 4. The van der Waals surface area contributed by atoms with Crippen molar-refractivity contribution in [2.45, 2.75) is 0 Å². The zero-order chi connectivity index (χ0) is 18.5. The zero-order valence-electron chi connectivity index (χ0n) is 13.5. The minimum atomic E-state index is -0.371. The second kappa shape index (κ2) is 8.17. The maximum atomic E-state index is 12.3. The fraction of sp³-hybridized carbons (Fsp3) is 0. The molecule has 6 heteroatoms. The van der Waals surface area contributed by atoms with E-state index in [4.69, 9.17) is 11.6 Å². The molecule has 0 heterocycles. The second-order valence-electron chi connectivity index (χ2n) is 5.44. The summed E-state index contributed by atoms with van der Waals surface area (Å²) in [5, 5.41) is 15.1. The number of halogens is 2. The van der Waals surface area contributed by atoms with Crippen LogP contribution in [0, 0.1) is 0 Å². The Morgan fingerprint density at radius 2 is 1.65 bits per heavy atom. The Hall–Kier alpha value is -2.63. The predicted octanol–water partition coefficient (Wildman–Crippen LogP) is 4.99. The Kier molecular flexibility index (Phi) is 5.71. The summed E-state index contributed by atoms with van der Waals surface area (Å²) in [5.74, 6) is -0.305. The van der Waals surface area contributed by atoms with E-state index in [0.29, 0.717) is 21.9 Å². The van der Waals surface area contributed by atoms with Gasteiger partial charge in [0.25, 0.3) is 5.91 Å². The number of nitrogens with zero attached hydrogens (tertiary/aromatic N) is 1. The smallest absolute Gasteiger partial charge is 0.271 e. The van der Waals surface area contributed by atoms with Gasteiger partial charge in [-0.3, -0.25) is 4.79 Å². The van der Waals surface area contributed by atoms with E-state index < -0.39 is 0 Å². The molecule has 0 atom stereocenters. The van der Waals surface area contributed by atoms with Crippen LogP contribution in [0.15, 0.2) is 82.4 Å². The van der Waals surface area contributed by atoms with Gasteiger partial charge in [-0.05, 0) is 42.5 Å². The molecule has 3 rings (SSSR count). The number of aromatic hydroxyl groups is 1. The van der Waals surface area contributed by atoms with Gasteiger partial charge in [0.2, 0.25) is 0 Å². The van der Waals surface area contributed by atoms with Crippen LogP contribution in [0.4, 0.5) is 0 Å². The van der Waals surface area contributed by atoms with Gasteiger partial charge in [0.1, 0.15) is 11.5 Å². The number of hydrogen-bond acceptors (Lipinski definition) is 3. The van der Waals surface area contributed by atoms with E-state index in [0.717, 1.165) is 10.0 Å². The molecule has 0 radical (unpaired) electrons. The molecular formula is C20H14BrClN2O2. The van der Waals surface area contributed by atoms with Crippen LogP contribution in [0.3, 0.4) is 0 Å². The molecule has 0 fully saturated rings. The number of carbonyl (C=O) groups is 1. The number of carbonyl (C=O) groups excluding carboxylic acids is 1. The van der Waals surface area contributed by atoms with Gasteiger partial charge in [-0.1, -0.05) is 57.9 Å². The molecule has 0 aliphatic carbocycles. The average Bonchev–Trinajstić information content (AvgIpc) is 2.66. The summed E-state index contributed by atoms with van der Waals surface area (Å²) < 4.78 is 0.790. The standard InChI is InChI=1S/C20H14BrClN2O2/c21-15-8-11-18(25)17(12-15)19(13-4-2-1-3-5-13)23-24-20(26)14-6-9-16(22)10-7-14/h1-12,25H,(H,24,26)/b23-19+. The molecule has 130 valence electrons. The van der Waals surface area contributed by atoms with Gasteiger partial charge in [-0.2, -0.15) is 5.10 Å². The largest absolute Gasteiger partial charge is 0.507 e. The molecule has 0 bridgehead atoms. The normalized spacial score (nSPS) is 11.2. The Bertz CT molecular complexity index is 957. The zero-order valence-corrected chi connectivity index (χ0v) is 15.8. The molecule has 4 nitrogen and oxygen atoms in total. The van der Waals surface area contributed by atoms with Crippen molar-refractivity contribution in [2.75, 3.05) is 0 Å². The molecule has 0 saturated carbocycles. The third-order valence-electron chi connectivity index (χ3n) is 3.64. The maximum Gasteiger partial charge on any atom is 0.271 e. The SMILES string of the molecule is O=C(N/N=C(\c1ccccc1)c1cc(Br)ccc1O)c1ccc(Cl)cc1. The molecule has 0 aliphatic rings. The molecule has 0 aliphatic heterocycles. The fourth-order valence-corrected chi connectivity index (χ4v) is 2.83. The number of amides is 1. The highest BCUT2D eigenvalue weighted by molar-refractivity contribution is 9.10. The van der Waals surface area contributed by atoms with Crippen LogP contribution >= 0.6 is 27.5 Å². The Morgan fingerprint density at radius 3 is 2.35 bits per heavy atom. The first-order chi connectivity index (χ1) is 12.5. The Morgan fingerprint density at radius 1 is 0.962 bits per heavy atom. The summed E-state index contributed by atoms with van der Waals surface area (Å²) in [5.41, 5.74) is 4.69. The lowest BCUT2D eigenvalue weighted by Gasteiger charge is -2.10. The first kappa shape index (κ1) is 18.2. The van der Waals surface area contributed by atoms with Crippen LogP contribution in [0.2, 0.25) is 5.02 Å². The summed E-state index contributed by atoms with van der Waals surface area (Å²) in [6, 6.07) is 20.9. The minimum Gasteiger partial charge on any atom is -0.507 e. The number of nitrogens with one attached hydrogen (secondary N) is 1. The molecule has 1 amide bonds. The van der Waals surface area contributed by atoms with E-state index in [-0.39, 0.29) is 11.7 Å². The third-order valence-corrected chi connectivity index (χ3v) is 4.38. The lowest BCUT2D eigenvalue weighted by Crippen LogP contribution is -2.20. The lowest BCUT2D eigenvalue weighted by atomic mass is 10.0. The van der Waals surface area contributed by atoms with Crippen molar-refractivity contribution in [3.8, 4) is 5.75 Å². The summed E-state index contributed by atoms with van der Waals surface area (Å²) in [6.45, 7) is 0. The van der Waals surface area contributed by atoms with E-state index in [1.807, 2.05) is 30.3 Å². The quantitative estimate of drug-likeness (QED) is 0.453. The molecular weight excluding hydrogens is 416 g/mol. The number of hydrogen-bond donors (Lipinski definition) is 2. The molecule has 2 N–H and O–H groups in total. The van der Waals surface area contributed by atoms with Crippen LogP contribution in [0.25, 0.3) is 0 Å². The summed E-state index contributed by atoms with van der Waals surface area (Å²) >= 11 is 9.24. The summed E-state index contributed by atoms with van der Waals surface area (Å²) in [7, 11) is 0. The van der Waals surface area contributed by atoms with E-state index in [1.54, 1.807) is 42.5 Å². The third kappa shape index (κ3) is 4.31. The van der Waals surface area contributed by atoms with Crippen molar-refractivity contribution in [3.05, 3.63) is 99.0 Å². The van der Waals surface area contributed by atoms with Gasteiger partial charge in [0.15, 0.2) is 0 Å². The Balaban J connectivity index is 1.98. The van der Waals surface area contributed by atoms with Gasteiger partial charge in [-0.15, -0.1) is 0 Å². The highest BCUT2D eigenvalue weighted by atomic mass is 79.9. The summed E-state index contributed by atoms with van der Waals surface area (Å²) in [6.07, 6.45) is 0. The minimum absolute atomic E-state index is 0.0662. The van der Waals surface area contributed by atoms with Gasteiger partial charge < -0.3 is 5.11 Å². The van der Waals surface area contributed by atoms with Crippen molar-refractivity contribution < 1.29 is 9.90 Å². The molecule has 0 aromatic heterocycles. The first-order valence-electron chi connectivity index (χ1n) is 7.72. The van der Waals surface area contributed by atoms with Crippen LogP contribution in [-0.4, -0.2) is 16.7 Å². The van der Waals surface area contributed by atoms with Gasteiger partial charge >= 0.3 is 0 Å². The maximum absolute atomic E-state index is 12.3. The molecule has 3 aromatic carbocycles. The molecule has 0 unspecified atom stereocenters. The summed E-state index contributed by atoms with van der Waals surface area (Å²) in [4.78, 5) is 12.3. The number of hydrazone groups is 1. The van der Waals surface area contributed by atoms with Crippen molar-refractivity contribution in [1.82, 2.24) is 5.43 Å². The predicted molar refractivity (Wildman–Crippen MR) is 107 cm³/mol. The molecule has 26 heavy (non-hydrogen) atoms. The van der Waals surface area contributed by atoms with E-state index in [9.17, 15) is 9.90 Å². The highest BCUT2D eigenvalue weighted by Crippen LogP contribution is 2.25. The van der Waals surface area contributed by atoms with Crippen molar-refractivity contribution in [1.29, 1.82) is 0 Å². The lowest BCUT2D eigenvalue weighted by molar-refractivity contribution is 0.0955. The average molecular weight is 430 g/mol. The van der Waals surface area contributed by atoms with Crippen LogP contribution < -0.4 is 5.43 Å². The number of benzene rings is 3.